The first-order valence-corrected chi connectivity index (χ1v) is 25.8. The molecule has 7 rings (SSSR count). The maximum atomic E-state index is 14.1. The van der Waals surface area contributed by atoms with Gasteiger partial charge in [-0.3, -0.25) is 33.7 Å². The van der Waals surface area contributed by atoms with Gasteiger partial charge in [0.2, 0.25) is 23.6 Å². The highest BCUT2D eigenvalue weighted by atomic mass is 32.1. The molecule has 0 unspecified atom stereocenters. The molecule has 374 valence electrons. The fourth-order valence-electron chi connectivity index (χ4n) is 10.2. The number of rotatable bonds is 22. The topological polar surface area (TPSA) is 215 Å². The summed E-state index contributed by atoms with van der Waals surface area (Å²) in [6, 6.07) is 19.1. The molecular formula is C55H70N6O8S. The van der Waals surface area contributed by atoms with Crippen molar-refractivity contribution in [2.24, 2.45) is 22.8 Å². The zero-order valence-electron chi connectivity index (χ0n) is 41.3. The normalized spacial score (nSPS) is 20.1. The number of nitrogens with zero attached hydrogens (tertiary/aromatic N) is 3. The van der Waals surface area contributed by atoms with Gasteiger partial charge in [0, 0.05) is 45.1 Å². The summed E-state index contributed by atoms with van der Waals surface area (Å²) in [5.74, 6) is -1.78. The Morgan fingerprint density at radius 3 is 2.27 bits per heavy atom. The third-order valence-electron chi connectivity index (χ3n) is 14.3. The number of β-amino-alcohol motifs (C(OH)–C–C–N with tert-alkyl or cyclic N) is 1. The van der Waals surface area contributed by atoms with Crippen molar-refractivity contribution in [2.75, 3.05) is 11.4 Å². The number of thiazole rings is 1. The second kappa shape index (κ2) is 23.1. The van der Waals surface area contributed by atoms with Gasteiger partial charge in [-0.2, -0.15) is 0 Å². The van der Waals surface area contributed by atoms with Gasteiger partial charge in [0.15, 0.2) is 11.6 Å². The summed E-state index contributed by atoms with van der Waals surface area (Å²) >= 11 is 1.59. The van der Waals surface area contributed by atoms with Gasteiger partial charge in [0.05, 0.1) is 58.7 Å². The molecule has 6 N–H and O–H groups in total. The first-order chi connectivity index (χ1) is 33.4. The number of benzene rings is 3. The average Bonchev–Trinajstić information content (AvgIpc) is 4.05. The monoisotopic (exact) mass is 974 g/mol. The maximum Gasteiger partial charge on any atom is 0.246 e. The number of anilines is 1. The molecule has 3 aliphatic heterocycles. The Kier molecular flexibility index (Phi) is 17.2. The number of ketones is 2. The van der Waals surface area contributed by atoms with Crippen LogP contribution in [0.15, 0.2) is 72.2 Å². The molecule has 1 fully saturated rings. The number of aliphatic hydroxyl groups excluding tert-OH is 1. The van der Waals surface area contributed by atoms with Crippen molar-refractivity contribution in [3.63, 3.8) is 0 Å². The number of unbranched alkanes of at least 4 members (excludes halogenated alkanes) is 1. The van der Waals surface area contributed by atoms with Crippen molar-refractivity contribution in [1.29, 1.82) is 0 Å². The molecule has 0 saturated carbocycles. The number of nitrogens with two attached hydrogens (primary N) is 2. The van der Waals surface area contributed by atoms with Gasteiger partial charge in [0.1, 0.15) is 6.04 Å². The minimum absolute atomic E-state index is 0.0409. The van der Waals surface area contributed by atoms with E-state index in [0.717, 1.165) is 62.5 Å². The Morgan fingerprint density at radius 2 is 1.59 bits per heavy atom. The van der Waals surface area contributed by atoms with Gasteiger partial charge in [-0.25, -0.2) is 4.98 Å². The number of para-hydroxylation sites is 1. The van der Waals surface area contributed by atoms with Crippen LogP contribution in [0.2, 0.25) is 0 Å². The lowest BCUT2D eigenvalue weighted by molar-refractivity contribution is -0.143. The summed E-state index contributed by atoms with van der Waals surface area (Å²) in [5, 5.41) is 13.6. The van der Waals surface area contributed by atoms with Gasteiger partial charge in [-0.1, -0.05) is 87.5 Å². The number of carbonyl (C=O) groups excluding carboxylic acids is 6. The Morgan fingerprint density at radius 1 is 0.900 bits per heavy atom. The molecule has 3 aliphatic rings. The third kappa shape index (κ3) is 12.8. The molecule has 4 aromatic rings. The number of aliphatic hydroxyl groups is 1. The molecule has 0 spiro atoms. The Balaban J connectivity index is 0.860. The van der Waals surface area contributed by atoms with Crippen LogP contribution >= 0.6 is 11.3 Å². The highest BCUT2D eigenvalue weighted by Gasteiger charge is 2.45. The van der Waals surface area contributed by atoms with Gasteiger partial charge in [-0.15, -0.1) is 11.3 Å². The van der Waals surface area contributed by atoms with E-state index in [2.05, 4.69) is 10.3 Å². The lowest BCUT2D eigenvalue weighted by Crippen LogP contribution is -2.56. The maximum absolute atomic E-state index is 14.1. The molecule has 70 heavy (non-hydrogen) atoms. The molecule has 7 atom stereocenters. The van der Waals surface area contributed by atoms with Crippen LogP contribution in [0.5, 0.6) is 0 Å². The van der Waals surface area contributed by atoms with Crippen LogP contribution < -0.4 is 21.7 Å². The molecule has 15 heteroatoms. The van der Waals surface area contributed by atoms with Gasteiger partial charge in [0.25, 0.3) is 0 Å². The van der Waals surface area contributed by atoms with E-state index in [0.29, 0.717) is 45.1 Å². The molecule has 1 aromatic heterocycles. The van der Waals surface area contributed by atoms with Crippen LogP contribution in [-0.2, 0) is 65.8 Å². The smallest absolute Gasteiger partial charge is 0.246 e. The first-order valence-electron chi connectivity index (χ1n) is 24.9. The number of amides is 4. The zero-order valence-corrected chi connectivity index (χ0v) is 42.1. The van der Waals surface area contributed by atoms with E-state index < -0.39 is 41.6 Å². The van der Waals surface area contributed by atoms with Crippen molar-refractivity contribution in [1.82, 2.24) is 15.2 Å². The van der Waals surface area contributed by atoms with Crippen LogP contribution in [0.1, 0.15) is 119 Å². The summed E-state index contributed by atoms with van der Waals surface area (Å²) in [7, 11) is 0. The van der Waals surface area contributed by atoms with E-state index in [-0.39, 0.29) is 80.0 Å². The number of aromatic nitrogens is 1. The number of primary amides is 1. The van der Waals surface area contributed by atoms with Crippen molar-refractivity contribution in [3.05, 3.63) is 106 Å². The summed E-state index contributed by atoms with van der Waals surface area (Å²) in [6.07, 6.45) is 4.27. The number of aryl methyl sites for hydroxylation is 4. The minimum atomic E-state index is -0.877. The standard InChI is InChI=1S/C55H70N6O8S/c1-33-51(70-32-58-33)39-20-17-36(18-21-39)19-25-46(63)44-29-42(62)30-60(44)54(68)52(55(3,4)5)59-49(66)12-7-6-9-35-13-15-37(16-14-35)31-69-34(2)40(23-26-48(57)65)28-47(64)45-27-41-11-8-10-38-22-24-43(56)53(67)61(45)50(38)41/h8,10-11,13-18,20-21,32,34,40,42-45,52,62H,6-7,9,12,19,22-31,56H2,1-5H3,(H2,57,65)(H,59,66)/t34-,40-,42+,43+,44+,45+,52-/m1/s1. The predicted molar refractivity (Wildman–Crippen MR) is 271 cm³/mol. The number of nitrogens with one attached hydrogen (secondary N) is 1. The number of ether oxygens (including phenoxy) is 1. The van der Waals surface area contributed by atoms with Crippen molar-refractivity contribution in [3.8, 4) is 10.4 Å². The molecule has 0 aliphatic carbocycles. The molecule has 14 nitrogen and oxygen atoms in total. The van der Waals surface area contributed by atoms with Crippen LogP contribution in [-0.4, -0.2) is 93.1 Å². The summed E-state index contributed by atoms with van der Waals surface area (Å²) in [4.78, 5) is 89.0. The second-order valence-corrected chi connectivity index (χ2v) is 21.5. The highest BCUT2D eigenvalue weighted by Crippen LogP contribution is 2.40. The first kappa shape index (κ1) is 52.2. The van der Waals surface area contributed by atoms with Crippen LogP contribution in [0.4, 0.5) is 5.69 Å². The fraction of sp³-hybridized carbons (Fsp3) is 0.509. The minimum Gasteiger partial charge on any atom is -0.391 e. The van der Waals surface area contributed by atoms with E-state index in [1.54, 1.807) is 16.2 Å². The van der Waals surface area contributed by atoms with Crippen molar-refractivity contribution >= 4 is 52.2 Å². The summed E-state index contributed by atoms with van der Waals surface area (Å²) in [5.41, 5.74) is 20.9. The number of hydrogen-bond donors (Lipinski definition) is 4. The largest absolute Gasteiger partial charge is 0.391 e. The Bertz CT molecular complexity index is 2520. The van der Waals surface area contributed by atoms with E-state index >= 15 is 0 Å². The SMILES string of the molecule is Cc1ncsc1-c1ccc(CCC(=O)[C@@H]2C[C@H](O)CN2C(=O)[C@@H](NC(=O)CCCCc2ccc(CO[C@H](C)[C@H](CCC(N)=O)CC(=O)[C@@H]3Cc4cccc5c4N3C(=O)[C@@H](N)CC5)cc2)C(C)(C)C)cc1. The van der Waals surface area contributed by atoms with Gasteiger partial charge < -0.3 is 31.5 Å². The molecule has 4 heterocycles. The number of Topliss-reactive ketones (excluding diaryl/α,β-unsaturated/α-hetero) is 2. The molecule has 4 amide bonds. The van der Waals surface area contributed by atoms with Crippen LogP contribution in [0.3, 0.4) is 0 Å². The predicted octanol–water partition coefficient (Wildman–Crippen LogP) is 6.50. The summed E-state index contributed by atoms with van der Waals surface area (Å²) in [6.45, 7) is 9.87. The quantitative estimate of drug-likeness (QED) is 0.0627. The molecule has 3 aromatic carbocycles. The highest BCUT2D eigenvalue weighted by molar-refractivity contribution is 7.13. The van der Waals surface area contributed by atoms with Crippen molar-refractivity contribution < 1.29 is 38.6 Å². The van der Waals surface area contributed by atoms with E-state index in [1.165, 1.54) is 4.90 Å². The Labute approximate surface area is 415 Å². The van der Waals surface area contributed by atoms with E-state index in [4.69, 9.17) is 16.2 Å². The van der Waals surface area contributed by atoms with E-state index in [1.807, 2.05) is 107 Å². The molecule has 0 radical (unpaired) electrons. The number of likely N-dealkylation sites (tertiary alicyclic amines) is 1. The molecular weight excluding hydrogens is 905 g/mol. The van der Waals surface area contributed by atoms with Gasteiger partial charge >= 0.3 is 0 Å². The Hall–Kier alpha value is -5.61. The number of hydrogen-bond acceptors (Lipinski definition) is 11. The molecule has 0 bridgehead atoms. The summed E-state index contributed by atoms with van der Waals surface area (Å²) < 4.78 is 6.32. The van der Waals surface area contributed by atoms with Gasteiger partial charge in [-0.05, 0) is 104 Å². The molecule has 1 saturated heterocycles. The third-order valence-corrected chi connectivity index (χ3v) is 15.3. The van der Waals surface area contributed by atoms with Crippen molar-refractivity contribution in [2.45, 2.75) is 161 Å². The van der Waals surface area contributed by atoms with Crippen LogP contribution in [0, 0.1) is 18.3 Å². The zero-order chi connectivity index (χ0) is 50.3. The number of carbonyl (C=O) groups is 6. The van der Waals surface area contributed by atoms with Crippen LogP contribution in [0.25, 0.3) is 10.4 Å². The lowest BCUT2D eigenvalue weighted by Gasteiger charge is -2.35. The fourth-order valence-corrected chi connectivity index (χ4v) is 11.0. The van der Waals surface area contributed by atoms with E-state index in [9.17, 15) is 33.9 Å². The lowest BCUT2D eigenvalue weighted by atomic mass is 9.85. The second-order valence-electron chi connectivity index (χ2n) is 20.7. The average molecular weight is 975 g/mol.